The van der Waals surface area contributed by atoms with Gasteiger partial charge in [0, 0.05) is 69.3 Å². The molecule has 3 heterocycles. The molecule has 2 N–H and O–H groups in total. The number of amides is 1. The summed E-state index contributed by atoms with van der Waals surface area (Å²) in [5.41, 5.74) is -0.553. The van der Waals surface area contributed by atoms with Gasteiger partial charge in [0.2, 0.25) is 5.91 Å². The van der Waals surface area contributed by atoms with Crippen LogP contribution in [0, 0.1) is 0 Å². The molecule has 1 amide bonds. The number of likely N-dealkylation sites (tertiary alicyclic amines) is 2. The van der Waals surface area contributed by atoms with Crippen LogP contribution in [0.4, 0.5) is 37.7 Å². The Kier molecular flexibility index (Phi) is 8.69. The number of hydrogen-bond acceptors (Lipinski definition) is 5. The first kappa shape index (κ1) is 28.0. The number of carbonyl (C=O) groups excluding carboxylic acids is 1. The number of nitrogens with zero attached hydrogens (tertiary/aromatic N) is 3. The van der Waals surface area contributed by atoms with Crippen molar-refractivity contribution in [2.75, 3.05) is 43.4 Å². The Balaban J connectivity index is 1.18. The van der Waals surface area contributed by atoms with E-state index in [0.717, 1.165) is 63.2 Å². The molecule has 0 radical (unpaired) electrons. The zero-order chi connectivity index (χ0) is 27.3. The van der Waals surface area contributed by atoms with E-state index in [1.54, 1.807) is 4.90 Å². The topological polar surface area (TPSA) is 60.5 Å². The van der Waals surface area contributed by atoms with Crippen LogP contribution in [0.5, 0.6) is 0 Å². The Morgan fingerprint density at radius 2 is 1.50 bits per heavy atom. The third-order valence-corrected chi connectivity index (χ3v) is 7.02. The van der Waals surface area contributed by atoms with Crippen LogP contribution < -0.4 is 10.6 Å². The predicted molar refractivity (Wildman–Crippen MR) is 132 cm³/mol. The third kappa shape index (κ3) is 7.75. The molecule has 2 saturated heterocycles. The van der Waals surface area contributed by atoms with Gasteiger partial charge in [-0.05, 0) is 56.0 Å². The van der Waals surface area contributed by atoms with Crippen molar-refractivity contribution in [1.82, 2.24) is 14.8 Å². The maximum Gasteiger partial charge on any atom is 0.417 e. The third-order valence-electron chi connectivity index (χ3n) is 7.02. The zero-order valence-electron chi connectivity index (χ0n) is 20.8. The maximum atomic E-state index is 13.0. The van der Waals surface area contributed by atoms with Crippen molar-refractivity contribution in [3.05, 3.63) is 53.9 Å². The minimum atomic E-state index is -4.47. The second-order valence-electron chi connectivity index (χ2n) is 9.87. The first-order valence-electron chi connectivity index (χ1n) is 12.7. The van der Waals surface area contributed by atoms with Crippen molar-refractivity contribution in [3.8, 4) is 0 Å². The number of hydrogen-bond donors (Lipinski definition) is 2. The Morgan fingerprint density at radius 3 is 2.16 bits per heavy atom. The molecule has 12 heteroatoms. The molecule has 0 spiro atoms. The van der Waals surface area contributed by atoms with Gasteiger partial charge in [0.05, 0.1) is 16.8 Å². The lowest BCUT2D eigenvalue weighted by atomic mass is 10.0. The molecule has 0 aliphatic carbocycles. The Hall–Kier alpha value is -3.02. The summed E-state index contributed by atoms with van der Waals surface area (Å²) in [6, 6.07) is 6.06. The minimum absolute atomic E-state index is 0.0173. The fourth-order valence-electron chi connectivity index (χ4n) is 4.93. The van der Waals surface area contributed by atoms with Crippen molar-refractivity contribution < 1.29 is 31.1 Å². The van der Waals surface area contributed by atoms with Crippen molar-refractivity contribution in [2.24, 2.45) is 0 Å². The smallest absolute Gasteiger partial charge is 0.382 e. The van der Waals surface area contributed by atoms with Crippen LogP contribution in [0.25, 0.3) is 0 Å². The summed E-state index contributed by atoms with van der Waals surface area (Å²) in [5.74, 6) is 0.0173. The normalized spacial score (nSPS) is 19.8. The number of piperidine rings is 2. The van der Waals surface area contributed by atoms with Crippen LogP contribution in [-0.4, -0.2) is 65.5 Å². The summed E-state index contributed by atoms with van der Waals surface area (Å²) in [6.07, 6.45) is -3.18. The van der Waals surface area contributed by atoms with E-state index in [4.69, 9.17) is 0 Å². The Bertz CT molecular complexity index is 1070. The largest absolute Gasteiger partial charge is 0.417 e. The highest BCUT2D eigenvalue weighted by molar-refractivity contribution is 5.76. The molecular formula is C26H31F6N5O. The van der Waals surface area contributed by atoms with E-state index in [-0.39, 0.29) is 23.7 Å². The first-order chi connectivity index (χ1) is 18.0. The van der Waals surface area contributed by atoms with Gasteiger partial charge in [-0.25, -0.2) is 0 Å². The second-order valence-corrected chi connectivity index (χ2v) is 9.87. The molecule has 1 atom stereocenters. The number of carbonyl (C=O) groups is 1. The van der Waals surface area contributed by atoms with Crippen LogP contribution in [0.2, 0.25) is 0 Å². The quantitative estimate of drug-likeness (QED) is 0.453. The van der Waals surface area contributed by atoms with Gasteiger partial charge >= 0.3 is 12.4 Å². The van der Waals surface area contributed by atoms with E-state index in [9.17, 15) is 31.1 Å². The van der Waals surface area contributed by atoms with Gasteiger partial charge in [0.1, 0.15) is 0 Å². The fraction of sp³-hybridized carbons (Fsp3) is 0.538. The predicted octanol–water partition coefficient (Wildman–Crippen LogP) is 5.49. The summed E-state index contributed by atoms with van der Waals surface area (Å²) in [6.45, 7) is 3.21. The molecule has 0 saturated carbocycles. The standard InChI is InChI=1S/C26H31F6N5O/c27-25(28,29)18-3-5-20(6-4-18)34-21-7-11-36(12-8-21)13-9-24(38)37-10-1-2-22(17-37)35-23-14-19(15-33-16-23)26(30,31)32/h3-6,14-16,21-22,34-35H,1-2,7-13,17H2/t22-/m0/s1. The molecule has 2 aromatic rings. The van der Waals surface area contributed by atoms with Gasteiger partial charge in [-0.15, -0.1) is 0 Å². The Labute approximate surface area is 217 Å². The fourth-order valence-corrected chi connectivity index (χ4v) is 4.93. The van der Waals surface area contributed by atoms with Crippen molar-refractivity contribution in [2.45, 2.75) is 56.5 Å². The number of aromatic nitrogens is 1. The molecular weight excluding hydrogens is 512 g/mol. The summed E-state index contributed by atoms with van der Waals surface area (Å²) in [4.78, 5) is 20.5. The number of anilines is 2. The lowest BCUT2D eigenvalue weighted by Crippen LogP contribution is -2.46. The van der Waals surface area contributed by atoms with Gasteiger partial charge < -0.3 is 20.4 Å². The molecule has 1 aromatic carbocycles. The lowest BCUT2D eigenvalue weighted by Gasteiger charge is -2.35. The van der Waals surface area contributed by atoms with Gasteiger partial charge in [-0.2, -0.15) is 26.3 Å². The van der Waals surface area contributed by atoms with Gasteiger partial charge in [-0.1, -0.05) is 0 Å². The maximum absolute atomic E-state index is 13.0. The van der Waals surface area contributed by atoms with Crippen LogP contribution in [-0.2, 0) is 17.1 Å². The number of halogens is 6. The molecule has 38 heavy (non-hydrogen) atoms. The molecule has 6 nitrogen and oxygen atoms in total. The van der Waals surface area contributed by atoms with Crippen LogP contribution in [0.1, 0.15) is 43.2 Å². The van der Waals surface area contributed by atoms with Crippen LogP contribution in [0.15, 0.2) is 42.7 Å². The second kappa shape index (κ2) is 11.8. The van der Waals surface area contributed by atoms with E-state index in [1.165, 1.54) is 18.3 Å². The van der Waals surface area contributed by atoms with Gasteiger partial charge in [0.15, 0.2) is 0 Å². The average molecular weight is 544 g/mol. The Morgan fingerprint density at radius 1 is 0.842 bits per heavy atom. The molecule has 4 rings (SSSR count). The van der Waals surface area contributed by atoms with Crippen molar-refractivity contribution in [1.29, 1.82) is 0 Å². The summed E-state index contributed by atoms with van der Waals surface area (Å²) < 4.78 is 77.1. The lowest BCUT2D eigenvalue weighted by molar-refractivity contribution is -0.138. The molecule has 208 valence electrons. The molecule has 2 fully saturated rings. The van der Waals surface area contributed by atoms with E-state index in [2.05, 4.69) is 20.5 Å². The SMILES string of the molecule is O=C(CCN1CCC(Nc2ccc(C(F)(F)F)cc2)CC1)N1CCC[C@H](Nc2cncc(C(F)(F)F)c2)C1. The molecule has 2 aliphatic heterocycles. The summed E-state index contributed by atoms with van der Waals surface area (Å²) >= 11 is 0. The zero-order valence-corrected chi connectivity index (χ0v) is 20.8. The summed E-state index contributed by atoms with van der Waals surface area (Å²) in [5, 5.41) is 6.38. The number of rotatable bonds is 7. The van der Waals surface area contributed by atoms with Crippen molar-refractivity contribution >= 4 is 17.3 Å². The molecule has 2 aliphatic rings. The van der Waals surface area contributed by atoms with Crippen LogP contribution in [0.3, 0.4) is 0 Å². The highest BCUT2D eigenvalue weighted by atomic mass is 19.4. The molecule has 0 bridgehead atoms. The minimum Gasteiger partial charge on any atom is -0.382 e. The van der Waals surface area contributed by atoms with E-state index >= 15 is 0 Å². The molecule has 0 unspecified atom stereocenters. The number of pyridine rings is 1. The van der Waals surface area contributed by atoms with Gasteiger partial charge in [-0.3, -0.25) is 9.78 Å². The molecule has 1 aromatic heterocycles. The van der Waals surface area contributed by atoms with Crippen LogP contribution >= 0.6 is 0 Å². The first-order valence-corrected chi connectivity index (χ1v) is 12.7. The van der Waals surface area contributed by atoms with E-state index in [0.29, 0.717) is 31.7 Å². The highest BCUT2D eigenvalue weighted by Crippen LogP contribution is 2.31. The monoisotopic (exact) mass is 543 g/mol. The van der Waals surface area contributed by atoms with E-state index < -0.39 is 23.5 Å². The van der Waals surface area contributed by atoms with E-state index in [1.807, 2.05) is 0 Å². The number of alkyl halides is 6. The average Bonchev–Trinajstić information content (AvgIpc) is 2.88. The summed E-state index contributed by atoms with van der Waals surface area (Å²) in [7, 11) is 0. The van der Waals surface area contributed by atoms with Crippen molar-refractivity contribution in [3.63, 3.8) is 0 Å². The number of benzene rings is 1. The highest BCUT2D eigenvalue weighted by Gasteiger charge is 2.32. The number of nitrogens with one attached hydrogen (secondary N) is 2. The van der Waals surface area contributed by atoms with Gasteiger partial charge in [0.25, 0.3) is 0 Å².